The predicted octanol–water partition coefficient (Wildman–Crippen LogP) is 4.56. The Morgan fingerprint density at radius 1 is 1.28 bits per heavy atom. The molecule has 0 atom stereocenters. The van der Waals surface area contributed by atoms with Crippen molar-refractivity contribution < 1.29 is 19.4 Å². The molecule has 1 fully saturated rings. The molecule has 1 heterocycles. The summed E-state index contributed by atoms with van der Waals surface area (Å²) in [5, 5.41) is 13.8. The molecular formula is C20H21BrN2O4S2. The standard InChI is InChI=1S/C20H21BrN2O4S2/c1-2-26-17-10-13(9-16(21)19(17)25)11-22-23-18(24)12-27-15-5-3-14(4-6-15)20-28-7-8-29-20/h3-6,9-11,20,25H,2,7-8,12H2,1H3,(H,23,24)/b22-11-. The molecule has 0 aliphatic carbocycles. The van der Waals surface area contributed by atoms with Gasteiger partial charge < -0.3 is 14.6 Å². The van der Waals surface area contributed by atoms with Gasteiger partial charge in [0.25, 0.3) is 5.91 Å². The number of carbonyl (C=O) groups is 1. The van der Waals surface area contributed by atoms with Crippen molar-refractivity contribution >= 4 is 51.6 Å². The Balaban J connectivity index is 1.48. The van der Waals surface area contributed by atoms with Crippen molar-refractivity contribution in [3.05, 3.63) is 52.0 Å². The number of amides is 1. The smallest absolute Gasteiger partial charge is 0.277 e. The second kappa shape index (κ2) is 10.8. The maximum Gasteiger partial charge on any atom is 0.277 e. The van der Waals surface area contributed by atoms with Gasteiger partial charge in [0.2, 0.25) is 0 Å². The molecule has 0 bridgehead atoms. The third-order valence-corrected chi connectivity index (χ3v) is 7.61. The second-order valence-corrected chi connectivity index (χ2v) is 9.59. The molecule has 2 aromatic carbocycles. The Morgan fingerprint density at radius 2 is 2.00 bits per heavy atom. The average molecular weight is 497 g/mol. The monoisotopic (exact) mass is 496 g/mol. The number of nitrogens with zero attached hydrogens (tertiary/aromatic N) is 1. The van der Waals surface area contributed by atoms with Gasteiger partial charge in [0, 0.05) is 11.5 Å². The van der Waals surface area contributed by atoms with Crippen molar-refractivity contribution in [3.8, 4) is 17.2 Å². The Hall–Kier alpha value is -1.84. The number of hydrogen-bond donors (Lipinski definition) is 2. The lowest BCUT2D eigenvalue weighted by atomic mass is 10.2. The lowest BCUT2D eigenvalue weighted by Gasteiger charge is -2.10. The van der Waals surface area contributed by atoms with Gasteiger partial charge in [-0.25, -0.2) is 5.43 Å². The number of hydrazone groups is 1. The van der Waals surface area contributed by atoms with E-state index in [1.54, 1.807) is 12.1 Å². The van der Waals surface area contributed by atoms with Gasteiger partial charge in [-0.3, -0.25) is 4.79 Å². The molecule has 0 unspecified atom stereocenters. The fourth-order valence-electron chi connectivity index (χ4n) is 2.57. The van der Waals surface area contributed by atoms with Crippen LogP contribution >= 0.6 is 39.5 Å². The van der Waals surface area contributed by atoms with Crippen molar-refractivity contribution in [1.29, 1.82) is 0 Å². The van der Waals surface area contributed by atoms with Crippen LogP contribution in [0.5, 0.6) is 17.2 Å². The SMILES string of the molecule is CCOc1cc(/C=N\NC(=O)COc2ccc(C3SCCS3)cc2)cc(Br)c1O. The fraction of sp³-hybridized carbons (Fsp3) is 0.300. The molecule has 0 aromatic heterocycles. The fourth-order valence-corrected chi connectivity index (χ4v) is 5.88. The minimum atomic E-state index is -0.366. The Kier molecular flexibility index (Phi) is 8.14. The van der Waals surface area contributed by atoms with Crippen molar-refractivity contribution in [2.75, 3.05) is 24.7 Å². The zero-order valence-electron chi connectivity index (χ0n) is 15.8. The summed E-state index contributed by atoms with van der Waals surface area (Å²) < 4.78 is 11.9. The number of aromatic hydroxyl groups is 1. The van der Waals surface area contributed by atoms with Crippen LogP contribution in [0.3, 0.4) is 0 Å². The van der Waals surface area contributed by atoms with E-state index in [0.29, 0.717) is 32.7 Å². The number of ether oxygens (including phenoxy) is 2. The zero-order chi connectivity index (χ0) is 20.6. The first-order valence-corrected chi connectivity index (χ1v) is 11.9. The summed E-state index contributed by atoms with van der Waals surface area (Å²) in [6.07, 6.45) is 1.47. The number of hydrogen-bond acceptors (Lipinski definition) is 7. The van der Waals surface area contributed by atoms with Gasteiger partial charge in [-0.1, -0.05) is 12.1 Å². The van der Waals surface area contributed by atoms with Gasteiger partial charge in [-0.2, -0.15) is 5.10 Å². The van der Waals surface area contributed by atoms with E-state index in [4.69, 9.17) is 9.47 Å². The molecule has 2 N–H and O–H groups in total. The number of halogens is 1. The number of rotatable bonds is 8. The van der Waals surface area contributed by atoms with Gasteiger partial charge in [0.15, 0.2) is 18.1 Å². The number of nitrogens with one attached hydrogen (secondary N) is 1. The highest BCUT2D eigenvalue weighted by molar-refractivity contribution is 9.10. The molecule has 0 radical (unpaired) electrons. The molecule has 0 spiro atoms. The molecule has 29 heavy (non-hydrogen) atoms. The van der Waals surface area contributed by atoms with Gasteiger partial charge in [-0.05, 0) is 58.2 Å². The lowest BCUT2D eigenvalue weighted by Crippen LogP contribution is -2.24. The molecule has 9 heteroatoms. The molecule has 6 nitrogen and oxygen atoms in total. The summed E-state index contributed by atoms with van der Waals surface area (Å²) in [5.41, 5.74) is 4.36. The van der Waals surface area contributed by atoms with E-state index in [1.807, 2.05) is 54.7 Å². The minimum absolute atomic E-state index is 0.0255. The van der Waals surface area contributed by atoms with Crippen LogP contribution in [0.4, 0.5) is 0 Å². The van der Waals surface area contributed by atoms with Crippen molar-refractivity contribution in [3.63, 3.8) is 0 Å². The van der Waals surface area contributed by atoms with Gasteiger partial charge in [0.1, 0.15) is 5.75 Å². The maximum atomic E-state index is 11.9. The summed E-state index contributed by atoms with van der Waals surface area (Å²) in [6, 6.07) is 11.2. The van der Waals surface area contributed by atoms with E-state index >= 15 is 0 Å². The molecule has 1 aliphatic heterocycles. The first-order valence-electron chi connectivity index (χ1n) is 9.00. The number of carbonyl (C=O) groups excluding carboxylic acids is 1. The van der Waals surface area contributed by atoms with E-state index in [-0.39, 0.29) is 18.3 Å². The Bertz CT molecular complexity index is 872. The normalized spacial score (nSPS) is 14.3. The van der Waals surface area contributed by atoms with E-state index in [1.165, 1.54) is 23.3 Å². The predicted molar refractivity (Wildman–Crippen MR) is 122 cm³/mol. The molecular weight excluding hydrogens is 476 g/mol. The van der Waals surface area contributed by atoms with Crippen LogP contribution in [-0.4, -0.2) is 41.9 Å². The molecule has 0 saturated carbocycles. The molecule has 3 rings (SSSR count). The molecule has 2 aromatic rings. The quantitative estimate of drug-likeness (QED) is 0.411. The van der Waals surface area contributed by atoms with Gasteiger partial charge >= 0.3 is 0 Å². The Labute approximate surface area is 186 Å². The van der Waals surface area contributed by atoms with Gasteiger partial charge in [-0.15, -0.1) is 23.5 Å². The van der Waals surface area contributed by atoms with Gasteiger partial charge in [0.05, 0.1) is 21.9 Å². The highest BCUT2D eigenvalue weighted by atomic mass is 79.9. The highest BCUT2D eigenvalue weighted by Gasteiger charge is 2.18. The first-order chi connectivity index (χ1) is 14.1. The van der Waals surface area contributed by atoms with Crippen LogP contribution in [0.2, 0.25) is 0 Å². The number of thioether (sulfide) groups is 2. The van der Waals surface area contributed by atoms with Crippen molar-refractivity contribution in [2.24, 2.45) is 5.10 Å². The lowest BCUT2D eigenvalue weighted by molar-refractivity contribution is -0.123. The zero-order valence-corrected chi connectivity index (χ0v) is 19.0. The van der Waals surface area contributed by atoms with E-state index in [9.17, 15) is 9.90 Å². The van der Waals surface area contributed by atoms with Crippen LogP contribution in [0.15, 0.2) is 46.0 Å². The second-order valence-electron chi connectivity index (χ2n) is 6.01. The van der Waals surface area contributed by atoms with Crippen LogP contribution in [-0.2, 0) is 4.79 Å². The summed E-state index contributed by atoms with van der Waals surface area (Å²) >= 11 is 7.16. The maximum absolute atomic E-state index is 11.9. The van der Waals surface area contributed by atoms with Crippen molar-refractivity contribution in [1.82, 2.24) is 5.43 Å². The van der Waals surface area contributed by atoms with E-state index in [2.05, 4.69) is 26.5 Å². The van der Waals surface area contributed by atoms with Crippen molar-refractivity contribution in [2.45, 2.75) is 11.5 Å². The van der Waals surface area contributed by atoms with Crippen LogP contribution in [0.25, 0.3) is 0 Å². The molecule has 1 saturated heterocycles. The van der Waals surface area contributed by atoms with Crippen LogP contribution in [0.1, 0.15) is 22.6 Å². The average Bonchev–Trinajstić information content (AvgIpc) is 3.25. The summed E-state index contributed by atoms with van der Waals surface area (Å²) in [4.78, 5) is 11.9. The Morgan fingerprint density at radius 3 is 2.69 bits per heavy atom. The number of benzene rings is 2. The molecule has 1 aliphatic rings. The molecule has 154 valence electrons. The summed E-state index contributed by atoms with van der Waals surface area (Å²) in [5.74, 6) is 3.01. The number of phenols is 1. The largest absolute Gasteiger partial charge is 0.503 e. The van der Waals surface area contributed by atoms with Crippen LogP contribution in [0, 0.1) is 0 Å². The summed E-state index contributed by atoms with van der Waals surface area (Å²) in [6.45, 7) is 2.12. The molecule has 1 amide bonds. The topological polar surface area (TPSA) is 80.2 Å². The minimum Gasteiger partial charge on any atom is -0.503 e. The van der Waals surface area contributed by atoms with E-state index in [0.717, 1.165) is 0 Å². The number of phenolic OH excluding ortho intramolecular Hbond substituents is 1. The van der Waals surface area contributed by atoms with E-state index < -0.39 is 0 Å². The van der Waals surface area contributed by atoms with Crippen LogP contribution < -0.4 is 14.9 Å². The first kappa shape index (κ1) is 21.9. The summed E-state index contributed by atoms with van der Waals surface area (Å²) in [7, 11) is 0. The highest BCUT2D eigenvalue weighted by Crippen LogP contribution is 2.45. The third-order valence-electron chi connectivity index (χ3n) is 3.90. The third kappa shape index (κ3) is 6.32.